The summed E-state index contributed by atoms with van der Waals surface area (Å²) in [5.74, 6) is 0.837. The van der Waals surface area contributed by atoms with Gasteiger partial charge in [0.05, 0.1) is 12.2 Å². The van der Waals surface area contributed by atoms with E-state index in [9.17, 15) is 5.11 Å². The molecule has 0 spiro atoms. The molecule has 0 atom stereocenters. The Bertz CT molecular complexity index is 621. The lowest BCUT2D eigenvalue weighted by molar-refractivity contribution is 0.0277. The van der Waals surface area contributed by atoms with Gasteiger partial charge in [-0.3, -0.25) is 9.89 Å². The molecule has 1 saturated carbocycles. The molecule has 1 heterocycles. The molecular formula is C24H40N4O2. The Morgan fingerprint density at radius 1 is 1.03 bits per heavy atom. The summed E-state index contributed by atoms with van der Waals surface area (Å²) in [6, 6.07) is 8.79. The zero-order chi connectivity index (χ0) is 21.0. The van der Waals surface area contributed by atoms with Crippen molar-refractivity contribution in [3.05, 3.63) is 35.4 Å². The molecule has 3 N–H and O–H groups in total. The molecule has 1 aliphatic carbocycles. The predicted octanol–water partition coefficient (Wildman–Crippen LogP) is 3.05. The molecule has 30 heavy (non-hydrogen) atoms. The van der Waals surface area contributed by atoms with Crippen LogP contribution in [0.15, 0.2) is 29.3 Å². The van der Waals surface area contributed by atoms with E-state index in [1.54, 1.807) is 0 Å². The van der Waals surface area contributed by atoms with Gasteiger partial charge in [0.1, 0.15) is 0 Å². The molecule has 0 unspecified atom stereocenters. The number of likely N-dealkylation sites (tertiary alicyclic amines) is 1. The summed E-state index contributed by atoms with van der Waals surface area (Å²) < 4.78 is 5.98. The lowest BCUT2D eigenvalue weighted by Gasteiger charge is -2.29. The number of aliphatic hydroxyl groups excluding tert-OH is 1. The Labute approximate surface area is 182 Å². The highest BCUT2D eigenvalue weighted by molar-refractivity contribution is 5.79. The van der Waals surface area contributed by atoms with Gasteiger partial charge in [-0.1, -0.05) is 43.5 Å². The average Bonchev–Trinajstić information content (AvgIpc) is 2.79. The van der Waals surface area contributed by atoms with Crippen molar-refractivity contribution in [2.75, 3.05) is 33.3 Å². The van der Waals surface area contributed by atoms with Gasteiger partial charge in [0.2, 0.25) is 0 Å². The maximum Gasteiger partial charge on any atom is 0.191 e. The first-order valence-corrected chi connectivity index (χ1v) is 11.8. The smallest absolute Gasteiger partial charge is 0.191 e. The van der Waals surface area contributed by atoms with Crippen molar-refractivity contribution in [1.82, 2.24) is 15.5 Å². The number of hydrogen-bond acceptors (Lipinski definition) is 4. The van der Waals surface area contributed by atoms with Crippen LogP contribution >= 0.6 is 0 Å². The van der Waals surface area contributed by atoms with Crippen LogP contribution in [0.3, 0.4) is 0 Å². The van der Waals surface area contributed by atoms with Crippen LogP contribution in [0, 0.1) is 0 Å². The van der Waals surface area contributed by atoms with Gasteiger partial charge < -0.3 is 20.5 Å². The van der Waals surface area contributed by atoms with Gasteiger partial charge in [-0.25, -0.2) is 0 Å². The summed E-state index contributed by atoms with van der Waals surface area (Å²) in [7, 11) is 1.81. The maximum atomic E-state index is 9.63. The van der Waals surface area contributed by atoms with Crippen molar-refractivity contribution in [1.29, 1.82) is 0 Å². The summed E-state index contributed by atoms with van der Waals surface area (Å²) in [5.41, 5.74) is 2.58. The highest BCUT2D eigenvalue weighted by atomic mass is 16.5. The Morgan fingerprint density at radius 2 is 1.73 bits per heavy atom. The molecule has 2 fully saturated rings. The number of rotatable bonds is 9. The van der Waals surface area contributed by atoms with Crippen molar-refractivity contribution in [2.24, 2.45) is 4.99 Å². The van der Waals surface area contributed by atoms with E-state index in [0.29, 0.717) is 6.10 Å². The Balaban J connectivity index is 1.29. The van der Waals surface area contributed by atoms with Gasteiger partial charge in [0.25, 0.3) is 0 Å². The van der Waals surface area contributed by atoms with Crippen LogP contribution in [0.25, 0.3) is 0 Å². The van der Waals surface area contributed by atoms with E-state index in [0.717, 1.165) is 64.6 Å². The molecule has 0 bridgehead atoms. The summed E-state index contributed by atoms with van der Waals surface area (Å²) >= 11 is 0. The topological polar surface area (TPSA) is 69.1 Å². The fourth-order valence-electron chi connectivity index (χ4n) is 4.27. The molecule has 1 aliphatic heterocycles. The molecule has 1 aromatic carbocycles. The van der Waals surface area contributed by atoms with Gasteiger partial charge in [0, 0.05) is 46.4 Å². The van der Waals surface area contributed by atoms with Gasteiger partial charge >= 0.3 is 0 Å². The van der Waals surface area contributed by atoms with Gasteiger partial charge in [-0.2, -0.15) is 0 Å². The lowest BCUT2D eigenvalue weighted by atomic mass is 9.98. The van der Waals surface area contributed by atoms with E-state index in [2.05, 4.69) is 44.8 Å². The number of hydrogen-bond donors (Lipinski definition) is 3. The first kappa shape index (κ1) is 23.0. The van der Waals surface area contributed by atoms with Crippen LogP contribution in [0.1, 0.15) is 62.5 Å². The highest BCUT2D eigenvalue weighted by Gasteiger charge is 2.16. The van der Waals surface area contributed by atoms with Crippen molar-refractivity contribution in [2.45, 2.75) is 76.7 Å². The van der Waals surface area contributed by atoms with Crippen LogP contribution in [-0.4, -0.2) is 61.5 Å². The fraction of sp³-hybridized carbons (Fsp3) is 0.708. The average molecular weight is 417 g/mol. The van der Waals surface area contributed by atoms with E-state index >= 15 is 0 Å². The van der Waals surface area contributed by atoms with Crippen molar-refractivity contribution in [3.63, 3.8) is 0 Å². The number of aliphatic imine (C=N–C) groups is 1. The largest absolute Gasteiger partial charge is 0.393 e. The van der Waals surface area contributed by atoms with Crippen molar-refractivity contribution >= 4 is 5.96 Å². The molecule has 1 aromatic rings. The summed E-state index contributed by atoms with van der Waals surface area (Å²) in [4.78, 5) is 6.74. The number of nitrogens with zero attached hydrogens (tertiary/aromatic N) is 2. The number of nitrogens with one attached hydrogen (secondary N) is 2. The van der Waals surface area contributed by atoms with Crippen LogP contribution in [0.5, 0.6) is 0 Å². The Hall–Kier alpha value is -1.63. The molecule has 6 nitrogen and oxygen atoms in total. The van der Waals surface area contributed by atoms with Crippen molar-refractivity contribution < 1.29 is 9.84 Å². The minimum Gasteiger partial charge on any atom is -0.393 e. The first-order valence-electron chi connectivity index (χ1n) is 11.8. The van der Waals surface area contributed by atoms with E-state index in [4.69, 9.17) is 4.74 Å². The summed E-state index contributed by atoms with van der Waals surface area (Å²) in [6.07, 6.45) is 9.64. The molecule has 1 saturated heterocycles. The zero-order valence-corrected chi connectivity index (χ0v) is 18.6. The van der Waals surface area contributed by atoms with E-state index in [1.807, 2.05) is 7.05 Å². The van der Waals surface area contributed by atoms with Gasteiger partial charge in [-0.15, -0.1) is 0 Å². The number of aliphatic hydroxyl groups is 1. The maximum absolute atomic E-state index is 9.63. The standard InChI is InChI=1S/C24H40N4O2/c1-25-24(26-14-5-17-30-23-6-3-2-4-7-23)27-18-20-8-10-21(11-9-20)19-28-15-12-22(29)13-16-28/h8-11,22-23,29H,2-7,12-19H2,1H3,(H2,25,26,27). The second-order valence-corrected chi connectivity index (χ2v) is 8.66. The SMILES string of the molecule is CN=C(NCCCOC1CCCCC1)NCc1ccc(CN2CCC(O)CC2)cc1. The summed E-state index contributed by atoms with van der Waals surface area (Å²) in [6.45, 7) is 5.39. The normalized spacial score (nSPS) is 19.7. The number of ether oxygens (including phenoxy) is 1. The third kappa shape index (κ3) is 8.25. The van der Waals surface area contributed by atoms with E-state index in [-0.39, 0.29) is 6.10 Å². The molecule has 3 rings (SSSR count). The van der Waals surface area contributed by atoms with Crippen LogP contribution in [0.2, 0.25) is 0 Å². The van der Waals surface area contributed by atoms with Crippen LogP contribution in [0.4, 0.5) is 0 Å². The minimum absolute atomic E-state index is 0.109. The molecule has 0 aromatic heterocycles. The van der Waals surface area contributed by atoms with E-state index in [1.165, 1.54) is 43.2 Å². The fourth-order valence-corrected chi connectivity index (χ4v) is 4.27. The molecule has 0 radical (unpaired) electrons. The first-order chi connectivity index (χ1) is 14.7. The van der Waals surface area contributed by atoms with Gasteiger partial charge in [-0.05, 0) is 43.2 Å². The quantitative estimate of drug-likeness (QED) is 0.328. The van der Waals surface area contributed by atoms with Crippen molar-refractivity contribution in [3.8, 4) is 0 Å². The number of benzene rings is 1. The molecule has 2 aliphatic rings. The molecule has 168 valence electrons. The Morgan fingerprint density at radius 3 is 2.43 bits per heavy atom. The highest BCUT2D eigenvalue weighted by Crippen LogP contribution is 2.20. The van der Waals surface area contributed by atoms with Crippen LogP contribution < -0.4 is 10.6 Å². The molecule has 0 amide bonds. The van der Waals surface area contributed by atoms with E-state index < -0.39 is 0 Å². The lowest BCUT2D eigenvalue weighted by Crippen LogP contribution is -2.37. The molecular weight excluding hydrogens is 376 g/mol. The second kappa shape index (κ2) is 12.9. The second-order valence-electron chi connectivity index (χ2n) is 8.66. The van der Waals surface area contributed by atoms with Crippen LogP contribution in [-0.2, 0) is 17.8 Å². The third-order valence-corrected chi connectivity index (χ3v) is 6.19. The third-order valence-electron chi connectivity index (χ3n) is 6.19. The minimum atomic E-state index is -0.109. The predicted molar refractivity (Wildman–Crippen MR) is 123 cm³/mol. The number of guanidine groups is 1. The zero-order valence-electron chi connectivity index (χ0n) is 18.6. The summed E-state index contributed by atoms with van der Waals surface area (Å²) in [5, 5.41) is 16.4. The molecule has 6 heteroatoms. The van der Waals surface area contributed by atoms with Gasteiger partial charge in [0.15, 0.2) is 5.96 Å². The monoisotopic (exact) mass is 416 g/mol. The Kier molecular flexibility index (Phi) is 9.93. The number of piperidine rings is 1.